The maximum atomic E-state index is 14.4. The Hall–Kier alpha value is -0.790. The first-order chi connectivity index (χ1) is 9.49. The molecule has 20 heavy (non-hydrogen) atoms. The molecule has 9 heteroatoms. The molecule has 0 aliphatic rings. The van der Waals surface area contributed by atoms with E-state index in [0.29, 0.717) is 5.39 Å². The highest BCUT2D eigenvalue weighted by molar-refractivity contribution is 14.2. The Morgan fingerprint density at radius 3 is 2.90 bits per heavy atom. The third-order valence-corrected chi connectivity index (χ3v) is 4.64. The number of rotatable bonds is 3. The number of esters is 1. The fraction of sp³-hybridized carbons (Fsp3) is 0.0909. The van der Waals surface area contributed by atoms with Gasteiger partial charge in [0.15, 0.2) is 11.0 Å². The van der Waals surface area contributed by atoms with Gasteiger partial charge in [-0.2, -0.15) is 9.49 Å². The van der Waals surface area contributed by atoms with Crippen LogP contribution in [0.25, 0.3) is 17.0 Å². The minimum absolute atomic E-state index is 0.0760. The average molecular weight is 431 g/mol. The standard InChI is InChI=1S/C11H7ClF2IN2O2P/c1-19-11(18)7(13)4-5-2-3-6-9(8(5)14)17(20-15)16-10(6)12/h2-4,20H,1H3/b7-4-. The summed E-state index contributed by atoms with van der Waals surface area (Å²) in [6.07, 6.45) is 0.914. The van der Waals surface area contributed by atoms with Crippen LogP contribution in [0.5, 0.6) is 0 Å². The fourth-order valence-electron chi connectivity index (χ4n) is 1.61. The van der Waals surface area contributed by atoms with Crippen molar-refractivity contribution in [1.82, 2.24) is 9.55 Å². The van der Waals surface area contributed by atoms with E-state index in [2.05, 4.69) is 9.84 Å². The molecule has 0 aliphatic carbocycles. The lowest BCUT2D eigenvalue weighted by Gasteiger charge is -2.02. The number of carbonyl (C=O) groups is 1. The molecule has 0 radical (unpaired) electrons. The summed E-state index contributed by atoms with van der Waals surface area (Å²) in [5.74, 6) is -3.03. The molecular weight excluding hydrogens is 423 g/mol. The van der Waals surface area contributed by atoms with Crippen molar-refractivity contribution < 1.29 is 18.3 Å². The number of hydrogen-bond donors (Lipinski definition) is 0. The number of methoxy groups -OCH3 is 1. The zero-order valence-corrected chi connectivity index (χ0v) is 13.9. The van der Waals surface area contributed by atoms with E-state index in [9.17, 15) is 13.6 Å². The van der Waals surface area contributed by atoms with Crippen molar-refractivity contribution in [3.05, 3.63) is 34.5 Å². The molecule has 106 valence electrons. The van der Waals surface area contributed by atoms with Crippen molar-refractivity contribution in [1.29, 1.82) is 0 Å². The minimum Gasteiger partial charge on any atom is -0.464 e. The Labute approximate surface area is 132 Å². The van der Waals surface area contributed by atoms with Gasteiger partial charge < -0.3 is 4.74 Å². The summed E-state index contributed by atoms with van der Waals surface area (Å²) in [5, 5.41) is 4.59. The van der Waals surface area contributed by atoms with Gasteiger partial charge in [-0.25, -0.2) is 13.6 Å². The van der Waals surface area contributed by atoms with Gasteiger partial charge in [-0.3, -0.25) is 0 Å². The predicted octanol–water partition coefficient (Wildman–Crippen LogP) is 4.10. The van der Waals surface area contributed by atoms with E-state index >= 15 is 0 Å². The quantitative estimate of drug-likeness (QED) is 0.319. The van der Waals surface area contributed by atoms with E-state index in [1.165, 1.54) is 16.6 Å². The Morgan fingerprint density at radius 1 is 1.60 bits per heavy atom. The average Bonchev–Trinajstić information content (AvgIpc) is 2.78. The van der Waals surface area contributed by atoms with E-state index in [4.69, 9.17) is 11.6 Å². The van der Waals surface area contributed by atoms with Crippen LogP contribution in [0.15, 0.2) is 18.0 Å². The van der Waals surface area contributed by atoms with Crippen molar-refractivity contribution in [3.63, 3.8) is 0 Å². The van der Waals surface area contributed by atoms with Crippen molar-refractivity contribution in [2.75, 3.05) is 7.11 Å². The molecule has 0 amide bonds. The van der Waals surface area contributed by atoms with Gasteiger partial charge in [-0.15, -0.1) is 0 Å². The van der Waals surface area contributed by atoms with Crippen LogP contribution in [-0.4, -0.2) is 22.6 Å². The second kappa shape index (κ2) is 6.32. The molecular formula is C11H7ClF2IN2O2P. The van der Waals surface area contributed by atoms with Crippen LogP contribution in [0.1, 0.15) is 5.56 Å². The summed E-state index contributed by atoms with van der Waals surface area (Å²) in [7, 11) is 1.04. The number of fused-ring (bicyclic) bond motifs is 1. The lowest BCUT2D eigenvalue weighted by molar-refractivity contribution is -0.137. The van der Waals surface area contributed by atoms with Gasteiger partial charge in [0, 0.05) is 10.9 Å². The Kier molecular flexibility index (Phi) is 4.93. The summed E-state index contributed by atoms with van der Waals surface area (Å²) < 4.78 is 33.4. The van der Waals surface area contributed by atoms with Crippen LogP contribution in [0, 0.1) is 5.82 Å². The Bertz CT molecular complexity index is 720. The topological polar surface area (TPSA) is 44.1 Å². The van der Waals surface area contributed by atoms with E-state index < -0.39 is 17.6 Å². The zero-order chi connectivity index (χ0) is 14.9. The van der Waals surface area contributed by atoms with Gasteiger partial charge in [0.05, 0.1) is 13.5 Å². The fourth-order valence-corrected chi connectivity index (χ4v) is 3.39. The number of halogens is 4. The molecule has 0 bridgehead atoms. The highest BCUT2D eigenvalue weighted by atomic mass is 127. The van der Waals surface area contributed by atoms with Crippen molar-refractivity contribution >= 4 is 63.0 Å². The van der Waals surface area contributed by atoms with E-state index in [-0.39, 0.29) is 22.6 Å². The Morgan fingerprint density at radius 2 is 2.30 bits per heavy atom. The first-order valence-electron chi connectivity index (χ1n) is 5.18. The molecule has 0 N–H and O–H groups in total. The SMILES string of the molecule is COC(=O)/C(F)=C/c1ccc2c(Cl)nn(PI)c2c1F. The minimum atomic E-state index is -1.18. The number of ether oxygens (including phenoxy) is 1. The van der Waals surface area contributed by atoms with Gasteiger partial charge in [0.1, 0.15) is 5.52 Å². The monoisotopic (exact) mass is 430 g/mol. The summed E-state index contributed by atoms with van der Waals surface area (Å²) in [6.45, 7) is 0. The molecule has 1 unspecified atom stereocenters. The van der Waals surface area contributed by atoms with Gasteiger partial charge in [-0.1, -0.05) is 17.7 Å². The first kappa shape index (κ1) is 15.6. The van der Waals surface area contributed by atoms with Crippen LogP contribution in [0.4, 0.5) is 8.78 Å². The molecule has 0 saturated carbocycles. The Balaban J connectivity index is 2.63. The smallest absolute Gasteiger partial charge is 0.366 e. The molecule has 1 aromatic carbocycles. The molecule has 1 aromatic heterocycles. The normalized spacial score (nSPS) is 12.6. The lowest BCUT2D eigenvalue weighted by atomic mass is 10.1. The predicted molar refractivity (Wildman–Crippen MR) is 83.5 cm³/mol. The van der Waals surface area contributed by atoms with Crippen molar-refractivity contribution in [2.24, 2.45) is 0 Å². The van der Waals surface area contributed by atoms with E-state index in [1.807, 2.05) is 22.0 Å². The number of nitrogens with zero attached hydrogens (tertiary/aromatic N) is 2. The second-order valence-electron chi connectivity index (χ2n) is 3.64. The molecule has 0 spiro atoms. The van der Waals surface area contributed by atoms with Crippen molar-refractivity contribution in [2.45, 2.75) is 0 Å². The van der Waals surface area contributed by atoms with Crippen LogP contribution >= 0.6 is 40.0 Å². The second-order valence-corrected chi connectivity index (χ2v) is 6.03. The van der Waals surface area contributed by atoms with Crippen LogP contribution in [0.3, 0.4) is 0 Å². The highest BCUT2D eigenvalue weighted by Crippen LogP contribution is 2.35. The number of carbonyl (C=O) groups excluding carboxylic acids is 1. The number of aromatic nitrogens is 2. The summed E-state index contributed by atoms with van der Waals surface area (Å²) in [6, 6.07) is 2.85. The van der Waals surface area contributed by atoms with Crippen LogP contribution in [0.2, 0.25) is 5.15 Å². The molecule has 0 saturated heterocycles. The van der Waals surface area contributed by atoms with Gasteiger partial charge in [0.2, 0.25) is 5.83 Å². The molecule has 1 atom stereocenters. The van der Waals surface area contributed by atoms with E-state index in [0.717, 1.165) is 13.2 Å². The number of benzene rings is 1. The van der Waals surface area contributed by atoms with E-state index in [1.54, 1.807) is 0 Å². The highest BCUT2D eigenvalue weighted by Gasteiger charge is 2.17. The van der Waals surface area contributed by atoms with Crippen molar-refractivity contribution in [3.8, 4) is 0 Å². The maximum Gasteiger partial charge on any atom is 0.366 e. The summed E-state index contributed by atoms with van der Waals surface area (Å²) >= 11 is 7.92. The lowest BCUT2D eigenvalue weighted by Crippen LogP contribution is -2.00. The van der Waals surface area contributed by atoms with Crippen LogP contribution < -0.4 is 0 Å². The van der Waals surface area contributed by atoms with Gasteiger partial charge >= 0.3 is 5.97 Å². The molecule has 2 rings (SSSR count). The summed E-state index contributed by atoms with van der Waals surface area (Å²) in [5.41, 5.74) is 0.0991. The molecule has 1 heterocycles. The van der Waals surface area contributed by atoms with Gasteiger partial charge in [0.25, 0.3) is 0 Å². The maximum absolute atomic E-state index is 14.4. The molecule has 0 fully saturated rings. The van der Waals surface area contributed by atoms with Gasteiger partial charge in [-0.05, 0) is 34.2 Å². The first-order valence-corrected chi connectivity index (χ1v) is 9.62. The summed E-state index contributed by atoms with van der Waals surface area (Å²) in [4.78, 5) is 11.0. The van der Waals surface area contributed by atoms with Crippen LogP contribution in [-0.2, 0) is 9.53 Å². The largest absolute Gasteiger partial charge is 0.464 e. The molecule has 0 aliphatic heterocycles. The number of hydrogen-bond acceptors (Lipinski definition) is 3. The third-order valence-electron chi connectivity index (χ3n) is 2.51. The molecule has 4 nitrogen and oxygen atoms in total. The zero-order valence-electron chi connectivity index (χ0n) is 9.95. The third kappa shape index (κ3) is 2.80. The molecule has 2 aromatic rings.